The Morgan fingerprint density at radius 2 is 2.04 bits per heavy atom. The van der Waals surface area contributed by atoms with Gasteiger partial charge in [0.2, 0.25) is 0 Å². The van der Waals surface area contributed by atoms with E-state index in [1.807, 2.05) is 0 Å². The Balaban J connectivity index is 2.37. The summed E-state index contributed by atoms with van der Waals surface area (Å²) in [5, 5.41) is 13.4. The van der Waals surface area contributed by atoms with Gasteiger partial charge in [0.15, 0.2) is 0 Å². The van der Waals surface area contributed by atoms with Crippen LogP contribution in [-0.2, 0) is 4.79 Å². The Morgan fingerprint density at radius 3 is 2.65 bits per heavy atom. The monoisotopic (exact) mass is 336 g/mol. The van der Waals surface area contributed by atoms with E-state index in [2.05, 4.69) is 5.16 Å². The number of hydrogen-bond donors (Lipinski definition) is 1. The van der Waals surface area contributed by atoms with Crippen molar-refractivity contribution in [1.29, 1.82) is 0 Å². The quantitative estimate of drug-likeness (QED) is 0.907. The molecule has 23 heavy (non-hydrogen) atoms. The van der Waals surface area contributed by atoms with Gasteiger partial charge in [0, 0.05) is 19.2 Å². The number of carbonyl (C=O) groups is 2. The molecule has 0 radical (unpaired) electrons. The summed E-state index contributed by atoms with van der Waals surface area (Å²) >= 11 is 6.17. The Hall–Kier alpha value is -2.34. The molecule has 6 nitrogen and oxygen atoms in total. The minimum atomic E-state index is -0.960. The second kappa shape index (κ2) is 6.83. The van der Waals surface area contributed by atoms with Crippen molar-refractivity contribution < 1.29 is 19.2 Å². The third kappa shape index (κ3) is 3.53. The summed E-state index contributed by atoms with van der Waals surface area (Å²) < 4.78 is 5.16. The Bertz CT molecular complexity index is 741. The second-order valence-electron chi connectivity index (χ2n) is 5.37. The minimum Gasteiger partial charge on any atom is -0.481 e. The highest BCUT2D eigenvalue weighted by atomic mass is 35.5. The van der Waals surface area contributed by atoms with Gasteiger partial charge >= 0.3 is 5.97 Å². The van der Waals surface area contributed by atoms with E-state index in [4.69, 9.17) is 21.2 Å². The third-order valence-corrected chi connectivity index (χ3v) is 3.85. The number of aromatic nitrogens is 1. The van der Waals surface area contributed by atoms with Crippen molar-refractivity contribution >= 4 is 23.5 Å². The topological polar surface area (TPSA) is 83.6 Å². The van der Waals surface area contributed by atoms with Crippen LogP contribution >= 0.6 is 11.6 Å². The number of aliphatic carboxylic acids is 1. The molecule has 0 spiro atoms. The lowest BCUT2D eigenvalue weighted by Crippen LogP contribution is -2.34. The molecular formula is C16H17ClN2O4. The van der Waals surface area contributed by atoms with Gasteiger partial charge in [-0.05, 0) is 13.0 Å². The van der Waals surface area contributed by atoms with Crippen LogP contribution in [0.1, 0.15) is 23.0 Å². The van der Waals surface area contributed by atoms with Crippen LogP contribution in [0.15, 0.2) is 28.8 Å². The van der Waals surface area contributed by atoms with E-state index in [1.165, 1.54) is 4.90 Å². The fraction of sp³-hybridized carbons (Fsp3) is 0.312. The maximum Gasteiger partial charge on any atom is 0.308 e. The van der Waals surface area contributed by atoms with Crippen molar-refractivity contribution in [2.75, 3.05) is 13.6 Å². The normalized spacial score (nSPS) is 12.0. The van der Waals surface area contributed by atoms with Crippen LogP contribution in [0.3, 0.4) is 0 Å². The Kier molecular flexibility index (Phi) is 5.05. The van der Waals surface area contributed by atoms with Gasteiger partial charge in [0.25, 0.3) is 5.91 Å². The largest absolute Gasteiger partial charge is 0.481 e. The Morgan fingerprint density at radius 1 is 1.39 bits per heavy atom. The number of aryl methyl sites for hydroxylation is 1. The van der Waals surface area contributed by atoms with E-state index in [9.17, 15) is 9.59 Å². The fourth-order valence-electron chi connectivity index (χ4n) is 2.22. The number of carbonyl (C=O) groups excluding carboxylic acids is 1. The van der Waals surface area contributed by atoms with E-state index in [0.29, 0.717) is 22.0 Å². The summed E-state index contributed by atoms with van der Waals surface area (Å²) in [6, 6.07) is 7.01. The molecule has 2 aromatic rings. The van der Waals surface area contributed by atoms with Crippen molar-refractivity contribution in [3.63, 3.8) is 0 Å². The number of nitrogens with zero attached hydrogens (tertiary/aromatic N) is 2. The molecule has 1 atom stereocenters. The highest BCUT2D eigenvalue weighted by molar-refractivity contribution is 6.33. The lowest BCUT2D eigenvalue weighted by molar-refractivity contribution is -0.141. The molecule has 1 heterocycles. The number of amides is 1. The van der Waals surface area contributed by atoms with Crippen LogP contribution in [0, 0.1) is 12.8 Å². The SMILES string of the molecule is Cc1onc(-c2ccccc2Cl)c1C(=O)N(C)C[C@@H](C)C(=O)O. The van der Waals surface area contributed by atoms with Gasteiger partial charge in [-0.1, -0.05) is 41.9 Å². The summed E-state index contributed by atoms with van der Waals surface area (Å²) in [6.45, 7) is 3.26. The van der Waals surface area contributed by atoms with Gasteiger partial charge in [-0.15, -0.1) is 0 Å². The predicted octanol–water partition coefficient (Wildman–Crippen LogP) is 3.10. The van der Waals surface area contributed by atoms with Crippen LogP contribution in [-0.4, -0.2) is 40.6 Å². The molecule has 7 heteroatoms. The lowest BCUT2D eigenvalue weighted by Gasteiger charge is -2.19. The molecule has 0 aliphatic rings. The fourth-order valence-corrected chi connectivity index (χ4v) is 2.45. The zero-order valence-electron chi connectivity index (χ0n) is 13.0. The molecule has 1 aromatic heterocycles. The van der Waals surface area contributed by atoms with E-state index in [1.54, 1.807) is 45.2 Å². The number of hydrogen-bond acceptors (Lipinski definition) is 4. The molecule has 0 bridgehead atoms. The molecule has 1 N–H and O–H groups in total. The molecule has 2 rings (SSSR count). The molecule has 0 aliphatic heterocycles. The van der Waals surface area contributed by atoms with Crippen molar-refractivity contribution in [3.05, 3.63) is 40.6 Å². The zero-order valence-corrected chi connectivity index (χ0v) is 13.8. The summed E-state index contributed by atoms with van der Waals surface area (Å²) in [7, 11) is 1.55. The van der Waals surface area contributed by atoms with Gasteiger partial charge in [0.05, 0.1) is 10.9 Å². The first-order valence-electron chi connectivity index (χ1n) is 7.02. The predicted molar refractivity (Wildman–Crippen MR) is 85.4 cm³/mol. The molecule has 0 unspecified atom stereocenters. The first kappa shape index (κ1) is 17.0. The van der Waals surface area contributed by atoms with Gasteiger partial charge in [-0.3, -0.25) is 9.59 Å². The van der Waals surface area contributed by atoms with Crippen LogP contribution in [0.25, 0.3) is 11.3 Å². The molecule has 0 fully saturated rings. The molecule has 0 saturated carbocycles. The maximum absolute atomic E-state index is 12.7. The maximum atomic E-state index is 12.7. The second-order valence-corrected chi connectivity index (χ2v) is 5.77. The first-order valence-corrected chi connectivity index (χ1v) is 7.40. The van der Waals surface area contributed by atoms with E-state index < -0.39 is 11.9 Å². The van der Waals surface area contributed by atoms with Crippen LogP contribution in [0.4, 0.5) is 0 Å². The summed E-state index contributed by atoms with van der Waals surface area (Å²) in [5.74, 6) is -1.63. The summed E-state index contributed by atoms with van der Waals surface area (Å²) in [4.78, 5) is 25.0. The number of benzene rings is 1. The Labute approximate surface area is 138 Å². The number of carboxylic acid groups (broad SMARTS) is 1. The van der Waals surface area contributed by atoms with Gasteiger partial charge in [-0.25, -0.2) is 0 Å². The van der Waals surface area contributed by atoms with Crippen molar-refractivity contribution in [2.45, 2.75) is 13.8 Å². The summed E-state index contributed by atoms with van der Waals surface area (Å²) in [6.07, 6.45) is 0. The van der Waals surface area contributed by atoms with Crippen LogP contribution in [0.5, 0.6) is 0 Å². The highest BCUT2D eigenvalue weighted by Gasteiger charge is 2.27. The van der Waals surface area contributed by atoms with Crippen molar-refractivity contribution in [3.8, 4) is 11.3 Å². The molecule has 122 valence electrons. The van der Waals surface area contributed by atoms with Crippen LogP contribution < -0.4 is 0 Å². The third-order valence-electron chi connectivity index (χ3n) is 3.52. The van der Waals surface area contributed by atoms with Crippen molar-refractivity contribution in [2.24, 2.45) is 5.92 Å². The standard InChI is InChI=1S/C16H17ClN2O4/c1-9(16(21)22)8-19(3)15(20)13-10(2)23-18-14(13)11-6-4-5-7-12(11)17/h4-7,9H,8H2,1-3H3,(H,21,22)/t9-/m1/s1. The van der Waals surface area contributed by atoms with E-state index >= 15 is 0 Å². The number of carboxylic acids is 1. The minimum absolute atomic E-state index is 0.0841. The average Bonchev–Trinajstić information content (AvgIpc) is 2.88. The molecule has 0 saturated heterocycles. The van der Waals surface area contributed by atoms with Gasteiger partial charge in [0.1, 0.15) is 17.0 Å². The number of halogens is 1. The van der Waals surface area contributed by atoms with Gasteiger partial charge < -0.3 is 14.5 Å². The first-order chi connectivity index (χ1) is 10.8. The number of rotatable bonds is 5. The lowest BCUT2D eigenvalue weighted by atomic mass is 10.0. The van der Waals surface area contributed by atoms with Gasteiger partial charge in [-0.2, -0.15) is 0 Å². The van der Waals surface area contributed by atoms with Crippen LogP contribution in [0.2, 0.25) is 5.02 Å². The molecular weight excluding hydrogens is 320 g/mol. The molecule has 1 amide bonds. The van der Waals surface area contributed by atoms with E-state index in [-0.39, 0.29) is 18.0 Å². The highest BCUT2D eigenvalue weighted by Crippen LogP contribution is 2.31. The summed E-state index contributed by atoms with van der Waals surface area (Å²) in [5.41, 5.74) is 1.24. The zero-order chi connectivity index (χ0) is 17.1. The van der Waals surface area contributed by atoms with Crippen molar-refractivity contribution in [1.82, 2.24) is 10.1 Å². The molecule has 1 aromatic carbocycles. The van der Waals surface area contributed by atoms with E-state index in [0.717, 1.165) is 0 Å². The smallest absolute Gasteiger partial charge is 0.308 e. The molecule has 0 aliphatic carbocycles. The average molecular weight is 337 g/mol.